The summed E-state index contributed by atoms with van der Waals surface area (Å²) < 4.78 is 5.33. The molecule has 0 spiro atoms. The average Bonchev–Trinajstić information content (AvgIpc) is 2.49. The molecule has 3 nitrogen and oxygen atoms in total. The normalized spacial score (nSPS) is 30.7. The van der Waals surface area contributed by atoms with E-state index in [1.165, 1.54) is 39.0 Å². The van der Waals surface area contributed by atoms with Gasteiger partial charge < -0.3 is 15.0 Å². The molecule has 2 rings (SSSR count). The van der Waals surface area contributed by atoms with E-state index in [2.05, 4.69) is 10.2 Å². The molecule has 2 aliphatic rings. The molecule has 13 heavy (non-hydrogen) atoms. The van der Waals surface area contributed by atoms with Crippen molar-refractivity contribution in [2.45, 2.75) is 18.9 Å². The van der Waals surface area contributed by atoms with Crippen LogP contribution in [0.5, 0.6) is 0 Å². The van der Waals surface area contributed by atoms with Crippen LogP contribution in [-0.4, -0.2) is 50.8 Å². The molecule has 0 aromatic carbocycles. The number of rotatable bonds is 4. The van der Waals surface area contributed by atoms with E-state index >= 15 is 0 Å². The fourth-order valence-electron chi connectivity index (χ4n) is 2.11. The van der Waals surface area contributed by atoms with Gasteiger partial charge in [0.1, 0.15) is 0 Å². The lowest BCUT2D eigenvalue weighted by atomic mass is 9.99. The SMILES string of the molecule is CO[C@H]1CCN(CCC2CNC2)C1. The molecule has 0 bridgehead atoms. The van der Waals surface area contributed by atoms with Crippen LogP contribution >= 0.6 is 0 Å². The van der Waals surface area contributed by atoms with Crippen LogP contribution in [0.15, 0.2) is 0 Å². The fourth-order valence-corrected chi connectivity index (χ4v) is 2.11. The molecule has 2 heterocycles. The number of nitrogens with zero attached hydrogens (tertiary/aromatic N) is 1. The second kappa shape index (κ2) is 4.40. The number of hydrogen-bond acceptors (Lipinski definition) is 3. The van der Waals surface area contributed by atoms with Crippen molar-refractivity contribution in [3.05, 3.63) is 0 Å². The highest BCUT2D eigenvalue weighted by molar-refractivity contribution is 4.79. The third-order valence-electron chi connectivity index (χ3n) is 3.28. The number of ether oxygens (including phenoxy) is 1. The van der Waals surface area contributed by atoms with Gasteiger partial charge >= 0.3 is 0 Å². The van der Waals surface area contributed by atoms with Gasteiger partial charge in [0.05, 0.1) is 6.10 Å². The van der Waals surface area contributed by atoms with Crippen LogP contribution < -0.4 is 5.32 Å². The fraction of sp³-hybridized carbons (Fsp3) is 1.00. The Morgan fingerprint density at radius 1 is 1.46 bits per heavy atom. The predicted octanol–water partition coefficient (Wildman–Crippen LogP) is 0.317. The molecule has 0 aromatic heterocycles. The van der Waals surface area contributed by atoms with Crippen LogP contribution in [0.3, 0.4) is 0 Å². The van der Waals surface area contributed by atoms with E-state index in [0.717, 1.165) is 12.5 Å². The van der Waals surface area contributed by atoms with E-state index in [-0.39, 0.29) is 0 Å². The summed E-state index contributed by atoms with van der Waals surface area (Å²) in [5.41, 5.74) is 0. The molecule has 2 saturated heterocycles. The summed E-state index contributed by atoms with van der Waals surface area (Å²) in [7, 11) is 1.82. The van der Waals surface area contributed by atoms with Gasteiger partial charge in [0.25, 0.3) is 0 Å². The Kier molecular flexibility index (Phi) is 3.19. The summed E-state index contributed by atoms with van der Waals surface area (Å²) in [4.78, 5) is 2.53. The third kappa shape index (κ3) is 2.42. The van der Waals surface area contributed by atoms with Crippen molar-refractivity contribution in [1.29, 1.82) is 0 Å². The van der Waals surface area contributed by atoms with Crippen molar-refractivity contribution < 1.29 is 4.74 Å². The number of methoxy groups -OCH3 is 1. The van der Waals surface area contributed by atoms with Gasteiger partial charge in [0.2, 0.25) is 0 Å². The monoisotopic (exact) mass is 184 g/mol. The lowest BCUT2D eigenvalue weighted by molar-refractivity contribution is 0.106. The van der Waals surface area contributed by atoms with Crippen LogP contribution in [0.1, 0.15) is 12.8 Å². The zero-order valence-electron chi connectivity index (χ0n) is 8.46. The van der Waals surface area contributed by atoms with E-state index in [4.69, 9.17) is 4.74 Å². The Hall–Kier alpha value is -0.120. The summed E-state index contributed by atoms with van der Waals surface area (Å²) in [5.74, 6) is 0.946. The van der Waals surface area contributed by atoms with Crippen LogP contribution in [0.25, 0.3) is 0 Å². The molecule has 0 radical (unpaired) electrons. The molecule has 2 fully saturated rings. The smallest absolute Gasteiger partial charge is 0.0710 e. The standard InChI is InChI=1S/C10H20N2O/c1-13-10-3-5-12(8-10)4-2-9-6-11-7-9/h9-11H,2-8H2,1H3/t10-/m0/s1. The van der Waals surface area contributed by atoms with Gasteiger partial charge in [-0.1, -0.05) is 0 Å². The Bertz CT molecular complexity index is 159. The first-order valence-corrected chi connectivity index (χ1v) is 5.34. The molecule has 1 N–H and O–H groups in total. The van der Waals surface area contributed by atoms with Gasteiger partial charge in [-0.2, -0.15) is 0 Å². The lowest BCUT2D eigenvalue weighted by Gasteiger charge is -2.28. The van der Waals surface area contributed by atoms with Gasteiger partial charge in [-0.05, 0) is 38.4 Å². The Balaban J connectivity index is 1.59. The van der Waals surface area contributed by atoms with Crippen molar-refractivity contribution >= 4 is 0 Å². The molecule has 2 aliphatic heterocycles. The quantitative estimate of drug-likeness (QED) is 0.681. The molecule has 76 valence electrons. The highest BCUT2D eigenvalue weighted by atomic mass is 16.5. The molecule has 0 saturated carbocycles. The number of nitrogens with one attached hydrogen (secondary N) is 1. The highest BCUT2D eigenvalue weighted by Gasteiger charge is 2.23. The van der Waals surface area contributed by atoms with Crippen molar-refractivity contribution in [2.75, 3.05) is 39.8 Å². The van der Waals surface area contributed by atoms with Crippen LogP contribution in [0, 0.1) is 5.92 Å². The number of hydrogen-bond donors (Lipinski definition) is 1. The highest BCUT2D eigenvalue weighted by Crippen LogP contribution is 2.15. The molecular weight excluding hydrogens is 164 g/mol. The summed E-state index contributed by atoms with van der Waals surface area (Å²) >= 11 is 0. The van der Waals surface area contributed by atoms with Crippen molar-refractivity contribution in [3.63, 3.8) is 0 Å². The zero-order chi connectivity index (χ0) is 9.10. The average molecular weight is 184 g/mol. The minimum absolute atomic E-state index is 0.500. The van der Waals surface area contributed by atoms with Crippen LogP contribution in [0.4, 0.5) is 0 Å². The topological polar surface area (TPSA) is 24.5 Å². The van der Waals surface area contributed by atoms with Gasteiger partial charge in [0.15, 0.2) is 0 Å². The van der Waals surface area contributed by atoms with Gasteiger partial charge in [-0.15, -0.1) is 0 Å². The molecule has 0 aromatic rings. The van der Waals surface area contributed by atoms with Crippen LogP contribution in [0.2, 0.25) is 0 Å². The first-order chi connectivity index (χ1) is 6.38. The van der Waals surface area contributed by atoms with Crippen molar-refractivity contribution in [2.24, 2.45) is 5.92 Å². The molecule has 1 atom stereocenters. The van der Waals surface area contributed by atoms with E-state index in [9.17, 15) is 0 Å². The van der Waals surface area contributed by atoms with Crippen molar-refractivity contribution in [1.82, 2.24) is 10.2 Å². The first kappa shape index (κ1) is 9.44. The van der Waals surface area contributed by atoms with E-state index in [0.29, 0.717) is 6.10 Å². The number of likely N-dealkylation sites (tertiary alicyclic amines) is 1. The third-order valence-corrected chi connectivity index (χ3v) is 3.28. The molecule has 3 heteroatoms. The van der Waals surface area contributed by atoms with E-state index < -0.39 is 0 Å². The summed E-state index contributed by atoms with van der Waals surface area (Å²) in [6.45, 7) is 6.13. The second-order valence-electron chi connectivity index (χ2n) is 4.26. The minimum Gasteiger partial charge on any atom is -0.380 e. The van der Waals surface area contributed by atoms with Gasteiger partial charge in [-0.25, -0.2) is 0 Å². The molecule has 0 aliphatic carbocycles. The van der Waals surface area contributed by atoms with E-state index in [1.54, 1.807) is 0 Å². The van der Waals surface area contributed by atoms with Gasteiger partial charge in [0, 0.05) is 20.2 Å². The Morgan fingerprint density at radius 2 is 2.31 bits per heavy atom. The Morgan fingerprint density at radius 3 is 2.85 bits per heavy atom. The minimum atomic E-state index is 0.500. The molecule has 0 amide bonds. The van der Waals surface area contributed by atoms with Gasteiger partial charge in [-0.3, -0.25) is 0 Å². The van der Waals surface area contributed by atoms with Crippen LogP contribution in [-0.2, 0) is 4.74 Å². The van der Waals surface area contributed by atoms with E-state index in [1.807, 2.05) is 7.11 Å². The maximum Gasteiger partial charge on any atom is 0.0710 e. The molecular formula is C10H20N2O. The summed E-state index contributed by atoms with van der Waals surface area (Å²) in [6.07, 6.45) is 3.09. The maximum absolute atomic E-state index is 5.33. The van der Waals surface area contributed by atoms with Crippen molar-refractivity contribution in [3.8, 4) is 0 Å². The summed E-state index contributed by atoms with van der Waals surface area (Å²) in [6, 6.07) is 0. The maximum atomic E-state index is 5.33. The lowest BCUT2D eigenvalue weighted by Crippen LogP contribution is -2.43. The molecule has 0 unspecified atom stereocenters. The summed E-state index contributed by atoms with van der Waals surface area (Å²) in [5, 5.41) is 3.31. The second-order valence-corrected chi connectivity index (χ2v) is 4.26. The largest absolute Gasteiger partial charge is 0.380 e. The Labute approximate surface area is 80.4 Å². The zero-order valence-corrected chi connectivity index (χ0v) is 8.46. The first-order valence-electron chi connectivity index (χ1n) is 5.34. The predicted molar refractivity (Wildman–Crippen MR) is 52.8 cm³/mol.